The van der Waals surface area contributed by atoms with Gasteiger partial charge in [-0.3, -0.25) is 19.1 Å². The van der Waals surface area contributed by atoms with Crippen molar-refractivity contribution in [3.05, 3.63) is 60.7 Å². The highest BCUT2D eigenvalue weighted by molar-refractivity contribution is 7.91. The number of carbonyl (C=O) groups is 4. The molecule has 0 radical (unpaired) electrons. The van der Waals surface area contributed by atoms with Crippen LogP contribution in [0.5, 0.6) is 17.4 Å². The summed E-state index contributed by atoms with van der Waals surface area (Å²) in [4.78, 5) is 61.6. The summed E-state index contributed by atoms with van der Waals surface area (Å²) in [5, 5.41) is 16.6. The quantitative estimate of drug-likeness (QED) is 0.186. The third-order valence-corrected chi connectivity index (χ3v) is 14.5. The van der Waals surface area contributed by atoms with E-state index in [1.807, 2.05) is 82.3 Å². The maximum atomic E-state index is 14.6. The van der Waals surface area contributed by atoms with Crippen LogP contribution in [0.2, 0.25) is 0 Å². The van der Waals surface area contributed by atoms with Crippen molar-refractivity contribution in [3.8, 4) is 28.6 Å². The van der Waals surface area contributed by atoms with Gasteiger partial charge in [-0.15, -0.1) is 0 Å². The Morgan fingerprint density at radius 2 is 1.75 bits per heavy atom. The molecule has 1 aromatic heterocycles. The van der Waals surface area contributed by atoms with Gasteiger partial charge in [-0.05, 0) is 125 Å². The molecule has 2 saturated carbocycles. The van der Waals surface area contributed by atoms with Gasteiger partial charge in [0.2, 0.25) is 27.7 Å². The average molecular weight is 846 g/mol. The lowest BCUT2D eigenvalue weighted by Crippen LogP contribution is -2.59. The van der Waals surface area contributed by atoms with E-state index in [2.05, 4.69) is 15.4 Å². The van der Waals surface area contributed by atoms with E-state index in [1.165, 1.54) is 4.90 Å². The predicted molar refractivity (Wildman–Crippen MR) is 224 cm³/mol. The van der Waals surface area contributed by atoms with E-state index in [9.17, 15) is 32.7 Å². The maximum Gasteiger partial charge on any atom is 0.405 e. The summed E-state index contributed by atoms with van der Waals surface area (Å²) in [7, 11) is -2.46. The summed E-state index contributed by atoms with van der Waals surface area (Å²) in [5.41, 5.74) is -0.194. The maximum absolute atomic E-state index is 14.6. The second-order valence-electron chi connectivity index (χ2n) is 17.5. The summed E-state index contributed by atoms with van der Waals surface area (Å²) >= 11 is 0. The summed E-state index contributed by atoms with van der Waals surface area (Å²) in [6.45, 7) is 9.22. The van der Waals surface area contributed by atoms with Crippen LogP contribution in [0.3, 0.4) is 0 Å². The number of methoxy groups -OCH3 is 1. The molecule has 2 aliphatic heterocycles. The Hall–Kier alpha value is -5.38. The van der Waals surface area contributed by atoms with Crippen LogP contribution < -0.4 is 29.6 Å². The topological polar surface area (TPSA) is 203 Å². The highest BCUT2D eigenvalue weighted by atomic mass is 32.2. The number of fused-ring (bicyclic) bond motifs is 3. The van der Waals surface area contributed by atoms with Crippen LogP contribution in [0, 0.1) is 17.8 Å². The zero-order valence-electron chi connectivity index (χ0n) is 34.9. The van der Waals surface area contributed by atoms with Crippen molar-refractivity contribution in [2.75, 3.05) is 13.7 Å². The van der Waals surface area contributed by atoms with Crippen LogP contribution in [-0.4, -0.2) is 95.5 Å². The Labute approximate surface area is 350 Å². The first kappa shape index (κ1) is 42.7. The van der Waals surface area contributed by atoms with E-state index in [0.717, 1.165) is 17.4 Å². The lowest BCUT2D eigenvalue weighted by atomic mass is 9.88. The summed E-state index contributed by atoms with van der Waals surface area (Å²) < 4.78 is 45.7. The molecule has 3 aromatic rings. The normalized spacial score (nSPS) is 28.3. The minimum Gasteiger partial charge on any atom is -0.497 e. The summed E-state index contributed by atoms with van der Waals surface area (Å²) in [6, 6.07) is 12.5. The minimum absolute atomic E-state index is 0.00374. The molecule has 60 heavy (non-hydrogen) atoms. The average Bonchev–Trinajstić information content (AvgIpc) is 4.08. The molecule has 3 heterocycles. The van der Waals surface area contributed by atoms with Gasteiger partial charge in [0.1, 0.15) is 35.2 Å². The van der Waals surface area contributed by atoms with Crippen molar-refractivity contribution in [2.45, 2.75) is 114 Å². The number of hydrogen-bond donors (Lipinski definition) is 4. The highest BCUT2D eigenvalue weighted by Crippen LogP contribution is 2.48. The standard InChI is InChI=1S/C44H55N5O10S/c1-25(2)58-31-13-11-28(12-14-31)35-21-29-20-32(57-6)15-16-34(29)39(45-35)59-33-22-36-38(50)47-44(41(52)48-60(55,56)43(5)17-18-43)23-30(44)10-8-7-9-26(3)19-27(4)37(46-42(53)54)40(51)49(36)24-33/h8,10-16,20-21,25-27,30,33,36-37,46H,7,9,17-19,22-24H2,1-6H3,(H,47,50)(H,48,52)(H,53,54)/b10-8-/t26-,27-,30-,33-,36+,37+,44-/m1/s1. The van der Waals surface area contributed by atoms with Crippen molar-refractivity contribution in [1.82, 2.24) is 25.2 Å². The third kappa shape index (κ3) is 8.89. The number of carbonyl (C=O) groups excluding carboxylic acids is 3. The van der Waals surface area contributed by atoms with E-state index >= 15 is 0 Å². The molecule has 7 atom stereocenters. The fourth-order valence-electron chi connectivity index (χ4n) is 8.43. The molecule has 0 bridgehead atoms. The molecule has 0 spiro atoms. The number of nitrogens with zero attached hydrogens (tertiary/aromatic N) is 2. The third-order valence-electron chi connectivity index (χ3n) is 12.3. The highest BCUT2D eigenvalue weighted by Gasteiger charge is 2.63. The molecule has 2 aliphatic carbocycles. The van der Waals surface area contributed by atoms with E-state index in [-0.39, 0.29) is 37.3 Å². The number of rotatable bonds is 10. The van der Waals surface area contributed by atoms with Crippen LogP contribution in [0.15, 0.2) is 60.7 Å². The molecule has 3 fully saturated rings. The van der Waals surface area contributed by atoms with E-state index in [4.69, 9.17) is 19.2 Å². The number of ether oxygens (including phenoxy) is 3. The monoisotopic (exact) mass is 845 g/mol. The van der Waals surface area contributed by atoms with Gasteiger partial charge in [0, 0.05) is 23.3 Å². The molecule has 4 amide bonds. The van der Waals surface area contributed by atoms with Crippen LogP contribution in [0.4, 0.5) is 4.79 Å². The predicted octanol–water partition coefficient (Wildman–Crippen LogP) is 5.57. The molecule has 4 N–H and O–H groups in total. The van der Waals surface area contributed by atoms with Gasteiger partial charge >= 0.3 is 6.09 Å². The lowest BCUT2D eigenvalue weighted by Gasteiger charge is -2.32. The molecular weight excluding hydrogens is 791 g/mol. The molecule has 16 heteroatoms. The van der Waals surface area contributed by atoms with Gasteiger partial charge in [-0.2, -0.15) is 0 Å². The lowest BCUT2D eigenvalue weighted by molar-refractivity contribution is -0.142. The number of amides is 4. The van der Waals surface area contributed by atoms with Crippen LogP contribution in [-0.2, 0) is 24.4 Å². The first-order valence-electron chi connectivity index (χ1n) is 20.7. The van der Waals surface area contributed by atoms with E-state index in [0.29, 0.717) is 48.3 Å². The van der Waals surface area contributed by atoms with Gasteiger partial charge in [-0.1, -0.05) is 26.0 Å². The number of benzene rings is 2. The molecular formula is C44H55N5O10S. The fourth-order valence-corrected chi connectivity index (χ4v) is 9.75. The van der Waals surface area contributed by atoms with Crippen molar-refractivity contribution < 1.29 is 46.9 Å². The van der Waals surface area contributed by atoms with Gasteiger partial charge in [0.25, 0.3) is 5.91 Å². The second kappa shape index (κ2) is 16.6. The van der Waals surface area contributed by atoms with Crippen LogP contribution in [0.1, 0.15) is 79.6 Å². The molecule has 4 aliphatic rings. The largest absolute Gasteiger partial charge is 0.497 e. The Balaban J connectivity index is 1.24. The Morgan fingerprint density at radius 1 is 1.03 bits per heavy atom. The minimum atomic E-state index is -4.03. The van der Waals surface area contributed by atoms with Crippen molar-refractivity contribution in [2.24, 2.45) is 17.8 Å². The summed E-state index contributed by atoms with van der Waals surface area (Å²) in [6.07, 6.45) is 4.47. The van der Waals surface area contributed by atoms with Gasteiger partial charge in [0.05, 0.1) is 30.2 Å². The number of pyridine rings is 1. The number of carboxylic acid groups (broad SMARTS) is 1. The van der Waals surface area contributed by atoms with Crippen molar-refractivity contribution >= 4 is 44.6 Å². The van der Waals surface area contributed by atoms with Crippen molar-refractivity contribution in [1.29, 1.82) is 0 Å². The van der Waals surface area contributed by atoms with E-state index < -0.39 is 74.1 Å². The zero-order chi connectivity index (χ0) is 43.1. The molecule has 2 aromatic carbocycles. The Morgan fingerprint density at radius 3 is 2.42 bits per heavy atom. The molecule has 322 valence electrons. The molecule has 0 unspecified atom stereocenters. The first-order chi connectivity index (χ1) is 28.4. The summed E-state index contributed by atoms with van der Waals surface area (Å²) in [5.74, 6) is -1.36. The number of hydrogen-bond acceptors (Lipinski definition) is 10. The van der Waals surface area contributed by atoms with Crippen molar-refractivity contribution in [3.63, 3.8) is 0 Å². The molecule has 1 saturated heterocycles. The number of allylic oxidation sites excluding steroid dienone is 1. The smallest absolute Gasteiger partial charge is 0.405 e. The van der Waals surface area contributed by atoms with Gasteiger partial charge in [0.15, 0.2) is 0 Å². The Bertz CT molecular complexity index is 2300. The van der Waals surface area contributed by atoms with Gasteiger partial charge in [-0.25, -0.2) is 18.2 Å². The second-order valence-corrected chi connectivity index (χ2v) is 19.7. The first-order valence-corrected chi connectivity index (χ1v) is 22.2. The number of nitrogens with one attached hydrogen (secondary N) is 3. The van der Waals surface area contributed by atoms with Crippen LogP contribution >= 0.6 is 0 Å². The van der Waals surface area contributed by atoms with E-state index in [1.54, 1.807) is 20.1 Å². The Kier molecular flexibility index (Phi) is 11.8. The number of aromatic nitrogens is 1. The molecule has 15 nitrogen and oxygen atoms in total. The number of sulfonamides is 1. The van der Waals surface area contributed by atoms with Crippen LogP contribution in [0.25, 0.3) is 22.0 Å². The van der Waals surface area contributed by atoms with Gasteiger partial charge < -0.3 is 34.9 Å². The SMILES string of the molecule is COc1ccc2c(O[C@@H]3C[C@H]4C(=O)N[C@]5(C(=O)NS(=O)(=O)C6(C)CC6)C[C@H]5/C=C\CC[C@@H](C)C[C@@H](C)[C@H](NC(=O)O)C(=O)N4C3)nc(-c3ccc(OC(C)C)cc3)cc2c1. The fraction of sp³-hybridized carbons (Fsp3) is 0.523. The zero-order valence-corrected chi connectivity index (χ0v) is 35.7. The molecule has 7 rings (SSSR count).